The monoisotopic (exact) mass is 338 g/mol. The molecule has 1 saturated heterocycles. The molecule has 1 aromatic carbocycles. The quantitative estimate of drug-likeness (QED) is 0.895. The van der Waals surface area contributed by atoms with Crippen LogP contribution in [0.4, 0.5) is 11.4 Å². The third-order valence-corrected chi connectivity index (χ3v) is 5.74. The van der Waals surface area contributed by atoms with Crippen molar-refractivity contribution in [3.63, 3.8) is 0 Å². The number of likely N-dealkylation sites (tertiary alicyclic amines) is 1. The van der Waals surface area contributed by atoms with Gasteiger partial charge in [-0.1, -0.05) is 19.1 Å². The van der Waals surface area contributed by atoms with Crippen LogP contribution in [-0.4, -0.2) is 35.8 Å². The van der Waals surface area contributed by atoms with Crippen LogP contribution in [0, 0.1) is 5.92 Å². The zero-order valence-corrected chi connectivity index (χ0v) is 15.5. The van der Waals surface area contributed by atoms with Crippen molar-refractivity contribution in [1.29, 1.82) is 0 Å². The molecule has 134 valence electrons. The summed E-state index contributed by atoms with van der Waals surface area (Å²) in [4.78, 5) is 2.64. The molecule has 4 heteroatoms. The van der Waals surface area contributed by atoms with Crippen molar-refractivity contribution in [3.05, 3.63) is 48.3 Å². The Labute approximate surface area is 151 Å². The fourth-order valence-electron chi connectivity index (χ4n) is 4.15. The highest BCUT2D eigenvalue weighted by Gasteiger charge is 2.23. The zero-order valence-electron chi connectivity index (χ0n) is 15.5. The first-order chi connectivity index (χ1) is 12.2. The van der Waals surface area contributed by atoms with Gasteiger partial charge in [0.15, 0.2) is 0 Å². The van der Waals surface area contributed by atoms with E-state index in [-0.39, 0.29) is 0 Å². The second kappa shape index (κ2) is 7.12. The van der Waals surface area contributed by atoms with Gasteiger partial charge < -0.3 is 10.2 Å². The number of rotatable bonds is 4. The SMILES string of the molecule is CC1CCN(CCCN2c3ccccc3NC(C)c3cccn32)CC1. The molecule has 2 aliphatic heterocycles. The van der Waals surface area contributed by atoms with Gasteiger partial charge in [-0.2, -0.15) is 0 Å². The highest BCUT2D eigenvalue weighted by atomic mass is 15.6. The van der Waals surface area contributed by atoms with Crippen LogP contribution >= 0.6 is 0 Å². The van der Waals surface area contributed by atoms with Crippen molar-refractivity contribution < 1.29 is 0 Å². The number of para-hydroxylation sites is 2. The fourth-order valence-corrected chi connectivity index (χ4v) is 4.15. The molecule has 0 amide bonds. The van der Waals surface area contributed by atoms with E-state index >= 15 is 0 Å². The summed E-state index contributed by atoms with van der Waals surface area (Å²) in [7, 11) is 0. The number of benzene rings is 1. The molecule has 0 spiro atoms. The van der Waals surface area contributed by atoms with Crippen LogP contribution in [0.2, 0.25) is 0 Å². The van der Waals surface area contributed by atoms with E-state index in [0.29, 0.717) is 6.04 Å². The van der Waals surface area contributed by atoms with E-state index in [4.69, 9.17) is 0 Å². The van der Waals surface area contributed by atoms with E-state index in [1.807, 2.05) is 0 Å². The summed E-state index contributed by atoms with van der Waals surface area (Å²) in [6.07, 6.45) is 6.10. The lowest BCUT2D eigenvalue weighted by Gasteiger charge is -2.32. The van der Waals surface area contributed by atoms with Gasteiger partial charge in [0, 0.05) is 12.7 Å². The molecule has 0 bridgehead atoms. The van der Waals surface area contributed by atoms with Crippen LogP contribution in [0.1, 0.15) is 44.8 Å². The maximum atomic E-state index is 3.67. The predicted molar refractivity (Wildman–Crippen MR) is 105 cm³/mol. The molecule has 2 aromatic rings. The van der Waals surface area contributed by atoms with Gasteiger partial charge in [-0.25, -0.2) is 0 Å². The standard InChI is InChI=1S/C21H30N4/c1-17-10-15-23(16-11-17)12-6-14-25-21-8-4-3-7-19(21)22-18(2)20-9-5-13-24(20)25/h3-5,7-9,13,17-18,22H,6,10-12,14-16H2,1-2H3. The number of nitrogens with one attached hydrogen (secondary N) is 1. The average Bonchev–Trinajstić information content (AvgIpc) is 3.07. The highest BCUT2D eigenvalue weighted by Crippen LogP contribution is 2.34. The van der Waals surface area contributed by atoms with Gasteiger partial charge in [-0.3, -0.25) is 9.69 Å². The molecule has 4 nitrogen and oxygen atoms in total. The van der Waals surface area contributed by atoms with Crippen molar-refractivity contribution in [2.75, 3.05) is 36.5 Å². The fraction of sp³-hybridized carbons (Fsp3) is 0.524. The normalized spacial score (nSPS) is 21.4. The van der Waals surface area contributed by atoms with E-state index in [0.717, 1.165) is 12.5 Å². The van der Waals surface area contributed by atoms with E-state index in [9.17, 15) is 0 Å². The lowest BCUT2D eigenvalue weighted by molar-refractivity contribution is 0.191. The van der Waals surface area contributed by atoms with Gasteiger partial charge in [-0.15, -0.1) is 0 Å². The Kier molecular flexibility index (Phi) is 4.71. The van der Waals surface area contributed by atoms with Crippen molar-refractivity contribution in [1.82, 2.24) is 9.58 Å². The number of piperidine rings is 1. The largest absolute Gasteiger partial charge is 0.375 e. The molecular formula is C21H30N4. The van der Waals surface area contributed by atoms with Crippen molar-refractivity contribution in [2.45, 2.75) is 39.2 Å². The third kappa shape index (κ3) is 3.40. The summed E-state index contributed by atoms with van der Waals surface area (Å²) in [5, 5.41) is 6.10. The minimum atomic E-state index is 0.310. The maximum absolute atomic E-state index is 3.67. The van der Waals surface area contributed by atoms with Crippen LogP contribution in [0.25, 0.3) is 0 Å². The average molecular weight is 338 g/mol. The second-order valence-corrected chi connectivity index (χ2v) is 7.66. The molecule has 1 atom stereocenters. The Bertz CT molecular complexity index is 699. The van der Waals surface area contributed by atoms with Gasteiger partial charge in [0.25, 0.3) is 0 Å². The van der Waals surface area contributed by atoms with Crippen LogP contribution in [0.5, 0.6) is 0 Å². The summed E-state index contributed by atoms with van der Waals surface area (Å²) in [5.74, 6) is 0.906. The number of fused-ring (bicyclic) bond motifs is 2. The molecule has 0 aliphatic carbocycles. The predicted octanol–water partition coefficient (Wildman–Crippen LogP) is 4.37. The first-order valence-corrected chi connectivity index (χ1v) is 9.75. The zero-order chi connectivity index (χ0) is 17.2. The molecule has 3 heterocycles. The summed E-state index contributed by atoms with van der Waals surface area (Å²) in [6, 6.07) is 13.4. The minimum Gasteiger partial charge on any atom is -0.375 e. The van der Waals surface area contributed by atoms with E-state index < -0.39 is 0 Å². The summed E-state index contributed by atoms with van der Waals surface area (Å²) in [6.45, 7) is 9.40. The molecule has 2 aliphatic rings. The van der Waals surface area contributed by atoms with Crippen molar-refractivity contribution in [3.8, 4) is 0 Å². The molecular weight excluding hydrogens is 308 g/mol. The Morgan fingerprint density at radius 1 is 1.00 bits per heavy atom. The minimum absolute atomic E-state index is 0.310. The molecule has 1 fully saturated rings. The Balaban J connectivity index is 1.50. The molecule has 1 aromatic heterocycles. The van der Waals surface area contributed by atoms with Crippen LogP contribution in [-0.2, 0) is 0 Å². The Hall–Kier alpha value is -1.94. The highest BCUT2D eigenvalue weighted by molar-refractivity contribution is 5.71. The van der Waals surface area contributed by atoms with Crippen molar-refractivity contribution >= 4 is 11.4 Å². The lowest BCUT2D eigenvalue weighted by Crippen LogP contribution is -2.37. The Morgan fingerprint density at radius 2 is 1.80 bits per heavy atom. The molecule has 1 N–H and O–H groups in total. The first kappa shape index (κ1) is 16.5. The molecule has 4 rings (SSSR count). The lowest BCUT2D eigenvalue weighted by atomic mass is 9.99. The number of aromatic nitrogens is 1. The van der Waals surface area contributed by atoms with Gasteiger partial charge >= 0.3 is 0 Å². The number of hydrogen-bond donors (Lipinski definition) is 1. The van der Waals surface area contributed by atoms with Gasteiger partial charge in [0.1, 0.15) is 0 Å². The summed E-state index contributed by atoms with van der Waals surface area (Å²) in [5.41, 5.74) is 3.82. The number of anilines is 2. The second-order valence-electron chi connectivity index (χ2n) is 7.66. The number of nitrogens with zero attached hydrogens (tertiary/aromatic N) is 3. The van der Waals surface area contributed by atoms with E-state index in [1.54, 1.807) is 0 Å². The maximum Gasteiger partial charge on any atom is 0.0809 e. The van der Waals surface area contributed by atoms with Gasteiger partial charge in [-0.05, 0) is 76.0 Å². The van der Waals surface area contributed by atoms with Gasteiger partial charge in [0.05, 0.1) is 23.1 Å². The topological polar surface area (TPSA) is 23.4 Å². The summed E-state index contributed by atoms with van der Waals surface area (Å²) < 4.78 is 2.34. The molecule has 0 saturated carbocycles. The summed E-state index contributed by atoms with van der Waals surface area (Å²) >= 11 is 0. The van der Waals surface area contributed by atoms with Crippen LogP contribution < -0.4 is 10.3 Å². The van der Waals surface area contributed by atoms with Crippen LogP contribution in [0.15, 0.2) is 42.6 Å². The van der Waals surface area contributed by atoms with Crippen LogP contribution in [0.3, 0.4) is 0 Å². The molecule has 25 heavy (non-hydrogen) atoms. The first-order valence-electron chi connectivity index (χ1n) is 9.75. The van der Waals surface area contributed by atoms with Gasteiger partial charge in [0.2, 0.25) is 0 Å². The van der Waals surface area contributed by atoms with E-state index in [2.05, 4.69) is 76.3 Å². The third-order valence-electron chi connectivity index (χ3n) is 5.74. The number of hydrogen-bond acceptors (Lipinski definition) is 3. The van der Waals surface area contributed by atoms with E-state index in [1.165, 1.54) is 56.0 Å². The Morgan fingerprint density at radius 3 is 2.64 bits per heavy atom. The molecule has 1 unspecified atom stereocenters. The smallest absolute Gasteiger partial charge is 0.0809 e. The molecule has 0 radical (unpaired) electrons. The van der Waals surface area contributed by atoms with Crippen molar-refractivity contribution in [2.24, 2.45) is 5.92 Å².